The molecular formula is C13H23N3O2. The molecule has 3 atom stereocenters. The van der Waals surface area contributed by atoms with Crippen LogP contribution in [0.5, 0.6) is 0 Å². The monoisotopic (exact) mass is 253 g/mol. The number of hydrogen-bond donors (Lipinski definition) is 2. The summed E-state index contributed by atoms with van der Waals surface area (Å²) in [7, 11) is 0. The van der Waals surface area contributed by atoms with Crippen molar-refractivity contribution in [2.45, 2.75) is 38.6 Å². The summed E-state index contributed by atoms with van der Waals surface area (Å²) >= 11 is 0. The van der Waals surface area contributed by atoms with Gasteiger partial charge in [-0.15, -0.1) is 0 Å². The van der Waals surface area contributed by atoms with Crippen molar-refractivity contribution in [2.24, 2.45) is 17.6 Å². The summed E-state index contributed by atoms with van der Waals surface area (Å²) in [6.45, 7) is 3.70. The maximum atomic E-state index is 12.4. The van der Waals surface area contributed by atoms with E-state index in [1.165, 1.54) is 0 Å². The van der Waals surface area contributed by atoms with Gasteiger partial charge < -0.3 is 16.0 Å². The molecule has 2 rings (SSSR count). The Kier molecular flexibility index (Phi) is 4.22. The Morgan fingerprint density at radius 3 is 2.94 bits per heavy atom. The highest BCUT2D eigenvalue weighted by molar-refractivity contribution is 5.86. The average Bonchev–Trinajstić information content (AvgIpc) is 2.56. The maximum Gasteiger partial charge on any atom is 0.239 e. The van der Waals surface area contributed by atoms with Gasteiger partial charge >= 0.3 is 0 Å². The molecule has 0 spiro atoms. The summed E-state index contributed by atoms with van der Waals surface area (Å²) in [5.41, 5.74) is 6.04. The smallest absolute Gasteiger partial charge is 0.239 e. The van der Waals surface area contributed by atoms with Crippen LogP contribution >= 0.6 is 0 Å². The highest BCUT2D eigenvalue weighted by Gasteiger charge is 2.33. The fraction of sp³-hybridized carbons (Fsp3) is 0.846. The van der Waals surface area contributed by atoms with Gasteiger partial charge in [0, 0.05) is 25.0 Å². The Bertz CT molecular complexity index is 332. The first-order valence-electron chi connectivity index (χ1n) is 6.89. The highest BCUT2D eigenvalue weighted by atomic mass is 16.2. The molecule has 1 aliphatic carbocycles. The average molecular weight is 253 g/mol. The molecule has 2 fully saturated rings. The van der Waals surface area contributed by atoms with Gasteiger partial charge in [-0.2, -0.15) is 0 Å². The Hall–Kier alpha value is -1.10. The third-order valence-electron chi connectivity index (χ3n) is 4.18. The van der Waals surface area contributed by atoms with Crippen molar-refractivity contribution in [3.8, 4) is 0 Å². The van der Waals surface area contributed by atoms with Crippen LogP contribution in [-0.2, 0) is 9.59 Å². The minimum Gasteiger partial charge on any atom is -0.354 e. The molecule has 5 heteroatoms. The first kappa shape index (κ1) is 13.3. The molecule has 2 aliphatic rings. The molecule has 5 nitrogen and oxygen atoms in total. The number of rotatable bonds is 1. The van der Waals surface area contributed by atoms with Gasteiger partial charge in [0.15, 0.2) is 0 Å². The van der Waals surface area contributed by atoms with Crippen LogP contribution in [0.15, 0.2) is 0 Å². The summed E-state index contributed by atoms with van der Waals surface area (Å²) in [5.74, 6) is 0.590. The molecule has 1 saturated heterocycles. The van der Waals surface area contributed by atoms with E-state index in [1.807, 2.05) is 0 Å². The molecule has 0 aromatic heterocycles. The zero-order chi connectivity index (χ0) is 13.1. The van der Waals surface area contributed by atoms with Crippen molar-refractivity contribution in [3.63, 3.8) is 0 Å². The van der Waals surface area contributed by atoms with Crippen LogP contribution in [0.1, 0.15) is 32.6 Å². The van der Waals surface area contributed by atoms with E-state index in [0.717, 1.165) is 25.7 Å². The maximum absolute atomic E-state index is 12.4. The van der Waals surface area contributed by atoms with Crippen LogP contribution in [0, 0.1) is 11.8 Å². The van der Waals surface area contributed by atoms with Crippen molar-refractivity contribution in [2.75, 3.05) is 19.6 Å². The van der Waals surface area contributed by atoms with E-state index >= 15 is 0 Å². The van der Waals surface area contributed by atoms with Crippen molar-refractivity contribution in [3.05, 3.63) is 0 Å². The molecule has 2 amide bonds. The molecule has 1 aliphatic heterocycles. The summed E-state index contributed by atoms with van der Waals surface area (Å²) < 4.78 is 0. The Morgan fingerprint density at radius 1 is 1.44 bits per heavy atom. The van der Waals surface area contributed by atoms with E-state index in [1.54, 1.807) is 4.90 Å². The first-order chi connectivity index (χ1) is 8.58. The summed E-state index contributed by atoms with van der Waals surface area (Å²) in [6.07, 6.45) is 3.52. The minimum absolute atomic E-state index is 0.0158. The van der Waals surface area contributed by atoms with E-state index in [9.17, 15) is 9.59 Å². The van der Waals surface area contributed by atoms with E-state index in [0.29, 0.717) is 19.0 Å². The Balaban J connectivity index is 1.95. The second-order valence-electron chi connectivity index (χ2n) is 5.61. The predicted molar refractivity (Wildman–Crippen MR) is 68.7 cm³/mol. The SMILES string of the molecule is CC1CCC(C(=O)N2CCCNC(=O)C2)CC1N. The van der Waals surface area contributed by atoms with Crippen molar-refractivity contribution in [1.82, 2.24) is 10.2 Å². The van der Waals surface area contributed by atoms with Crippen LogP contribution in [0.25, 0.3) is 0 Å². The van der Waals surface area contributed by atoms with Gasteiger partial charge in [0.2, 0.25) is 11.8 Å². The van der Waals surface area contributed by atoms with Crippen LogP contribution < -0.4 is 11.1 Å². The van der Waals surface area contributed by atoms with E-state index in [4.69, 9.17) is 5.73 Å². The summed E-state index contributed by atoms with van der Waals surface area (Å²) in [5, 5.41) is 2.79. The standard InChI is InChI=1S/C13H23N3O2/c1-9-3-4-10(7-11(9)14)13(18)16-6-2-5-15-12(17)8-16/h9-11H,2-8,14H2,1H3,(H,15,17). The molecule has 0 aromatic rings. The van der Waals surface area contributed by atoms with Crippen molar-refractivity contribution in [1.29, 1.82) is 0 Å². The van der Waals surface area contributed by atoms with E-state index < -0.39 is 0 Å². The molecule has 0 bridgehead atoms. The predicted octanol–water partition coefficient (Wildman–Crippen LogP) is 0.0984. The summed E-state index contributed by atoms with van der Waals surface area (Å²) in [4.78, 5) is 25.6. The van der Waals surface area contributed by atoms with Crippen LogP contribution in [0.4, 0.5) is 0 Å². The molecule has 3 N–H and O–H groups in total. The van der Waals surface area contributed by atoms with Crippen LogP contribution in [-0.4, -0.2) is 42.4 Å². The first-order valence-corrected chi connectivity index (χ1v) is 6.89. The lowest BCUT2D eigenvalue weighted by molar-refractivity contribution is -0.140. The topological polar surface area (TPSA) is 75.4 Å². The van der Waals surface area contributed by atoms with E-state index in [-0.39, 0.29) is 30.3 Å². The Morgan fingerprint density at radius 2 is 2.22 bits per heavy atom. The number of nitrogens with two attached hydrogens (primary N) is 1. The number of nitrogens with zero attached hydrogens (tertiary/aromatic N) is 1. The van der Waals surface area contributed by atoms with E-state index in [2.05, 4.69) is 12.2 Å². The normalized spacial score (nSPS) is 33.8. The zero-order valence-corrected chi connectivity index (χ0v) is 11.0. The summed E-state index contributed by atoms with van der Waals surface area (Å²) in [6, 6.07) is 0.119. The Labute approximate surface area is 108 Å². The molecule has 0 radical (unpaired) electrons. The van der Waals surface area contributed by atoms with Gasteiger partial charge in [-0.25, -0.2) is 0 Å². The molecule has 1 heterocycles. The van der Waals surface area contributed by atoms with Gasteiger partial charge in [-0.3, -0.25) is 9.59 Å². The largest absolute Gasteiger partial charge is 0.354 e. The second kappa shape index (κ2) is 5.69. The van der Waals surface area contributed by atoms with Gasteiger partial charge in [0.25, 0.3) is 0 Å². The lowest BCUT2D eigenvalue weighted by atomic mass is 9.79. The molecule has 102 valence electrons. The van der Waals surface area contributed by atoms with Crippen LogP contribution in [0.3, 0.4) is 0 Å². The lowest BCUT2D eigenvalue weighted by Crippen LogP contribution is -2.45. The molecule has 3 unspecified atom stereocenters. The van der Waals surface area contributed by atoms with Gasteiger partial charge in [0.1, 0.15) is 0 Å². The molecular weight excluding hydrogens is 230 g/mol. The molecule has 18 heavy (non-hydrogen) atoms. The minimum atomic E-state index is -0.0469. The number of hydrogen-bond acceptors (Lipinski definition) is 3. The van der Waals surface area contributed by atoms with Crippen LogP contribution in [0.2, 0.25) is 0 Å². The quantitative estimate of drug-likeness (QED) is 0.696. The van der Waals surface area contributed by atoms with Gasteiger partial charge in [0.05, 0.1) is 6.54 Å². The molecule has 0 aromatic carbocycles. The zero-order valence-electron chi connectivity index (χ0n) is 11.0. The fourth-order valence-electron chi connectivity index (χ4n) is 2.83. The molecule has 1 saturated carbocycles. The number of amides is 2. The second-order valence-corrected chi connectivity index (χ2v) is 5.61. The van der Waals surface area contributed by atoms with Gasteiger partial charge in [-0.05, 0) is 31.6 Å². The number of nitrogens with one attached hydrogen (secondary N) is 1. The third kappa shape index (κ3) is 3.02. The fourth-order valence-corrected chi connectivity index (χ4v) is 2.83. The third-order valence-corrected chi connectivity index (χ3v) is 4.18. The van der Waals surface area contributed by atoms with Crippen molar-refractivity contribution >= 4 is 11.8 Å². The van der Waals surface area contributed by atoms with Gasteiger partial charge in [-0.1, -0.05) is 6.92 Å². The highest BCUT2D eigenvalue weighted by Crippen LogP contribution is 2.29. The number of carbonyl (C=O) groups is 2. The lowest BCUT2D eigenvalue weighted by Gasteiger charge is -2.33. The van der Waals surface area contributed by atoms with Crippen molar-refractivity contribution < 1.29 is 9.59 Å². The number of carbonyl (C=O) groups excluding carboxylic acids is 2.